The summed E-state index contributed by atoms with van der Waals surface area (Å²) in [6, 6.07) is 14.9. The summed E-state index contributed by atoms with van der Waals surface area (Å²) in [6.07, 6.45) is 7.13. The van der Waals surface area contributed by atoms with Crippen molar-refractivity contribution in [1.82, 2.24) is 19.6 Å². The molecule has 3 aromatic rings. The number of aryl methyl sites for hydroxylation is 1. The third kappa shape index (κ3) is 4.58. The minimum absolute atomic E-state index is 0.0750. The van der Waals surface area contributed by atoms with E-state index in [1.165, 1.54) is 15.3 Å². The van der Waals surface area contributed by atoms with Gasteiger partial charge >= 0.3 is 0 Å². The fourth-order valence-electron chi connectivity index (χ4n) is 3.37. The summed E-state index contributed by atoms with van der Waals surface area (Å²) in [5.74, 6) is 0.0750. The third-order valence-electron chi connectivity index (χ3n) is 4.93. The molecule has 0 saturated carbocycles. The Morgan fingerprint density at radius 2 is 1.89 bits per heavy atom. The van der Waals surface area contributed by atoms with Gasteiger partial charge in [-0.1, -0.05) is 30.3 Å². The van der Waals surface area contributed by atoms with E-state index in [4.69, 9.17) is 0 Å². The number of nitrogens with zero attached hydrogens (tertiary/aromatic N) is 4. The molecule has 1 amide bonds. The number of aromatic nitrogens is 2. The first-order valence-electron chi connectivity index (χ1n) is 9.49. The predicted octanol–water partition coefficient (Wildman–Crippen LogP) is 3.51. The Labute approximate surface area is 169 Å². The van der Waals surface area contributed by atoms with Gasteiger partial charge in [-0.15, -0.1) is 11.3 Å². The van der Waals surface area contributed by atoms with Crippen LogP contribution < -0.4 is 0 Å². The zero-order valence-corrected chi connectivity index (χ0v) is 16.8. The van der Waals surface area contributed by atoms with Crippen LogP contribution in [0.1, 0.15) is 10.4 Å². The van der Waals surface area contributed by atoms with Gasteiger partial charge in [0, 0.05) is 67.4 Å². The largest absolute Gasteiger partial charge is 0.337 e. The van der Waals surface area contributed by atoms with Crippen molar-refractivity contribution < 1.29 is 4.79 Å². The Bertz CT molecular complexity index is 952. The number of carbonyl (C=O) groups excluding carboxylic acids is 1. The van der Waals surface area contributed by atoms with E-state index in [1.807, 2.05) is 41.6 Å². The summed E-state index contributed by atoms with van der Waals surface area (Å²) in [6.45, 7) is 4.31. The highest BCUT2D eigenvalue weighted by Gasteiger charge is 2.20. The van der Waals surface area contributed by atoms with E-state index >= 15 is 0 Å². The van der Waals surface area contributed by atoms with Crippen LogP contribution in [0.15, 0.2) is 60.9 Å². The Morgan fingerprint density at radius 1 is 1.11 bits per heavy atom. The lowest BCUT2D eigenvalue weighted by atomic mass is 10.2. The molecule has 0 spiro atoms. The van der Waals surface area contributed by atoms with Crippen molar-refractivity contribution in [2.45, 2.75) is 6.54 Å². The van der Waals surface area contributed by atoms with E-state index in [9.17, 15) is 4.79 Å². The molecule has 144 valence electrons. The lowest BCUT2D eigenvalue weighted by Crippen LogP contribution is -2.47. The Kier molecular flexibility index (Phi) is 5.69. The average Bonchev–Trinajstić information content (AvgIpc) is 3.36. The first kappa shape index (κ1) is 18.7. The Balaban J connectivity index is 1.28. The number of hydrogen-bond acceptors (Lipinski definition) is 4. The third-order valence-corrected chi connectivity index (χ3v) is 6.05. The van der Waals surface area contributed by atoms with Crippen molar-refractivity contribution in [3.05, 3.63) is 71.4 Å². The van der Waals surface area contributed by atoms with Gasteiger partial charge in [0.15, 0.2) is 0 Å². The molecule has 0 radical (unpaired) electrons. The predicted molar refractivity (Wildman–Crippen MR) is 114 cm³/mol. The monoisotopic (exact) mass is 392 g/mol. The highest BCUT2D eigenvalue weighted by atomic mass is 32.1. The molecule has 5 nitrogen and oxygen atoms in total. The van der Waals surface area contributed by atoms with Crippen molar-refractivity contribution in [1.29, 1.82) is 0 Å². The fourth-order valence-corrected chi connectivity index (χ4v) is 4.42. The molecule has 1 aromatic carbocycles. The molecule has 1 aliphatic heterocycles. The molecular formula is C22H24N4OS. The second kappa shape index (κ2) is 8.54. The van der Waals surface area contributed by atoms with Crippen molar-refractivity contribution >= 4 is 23.3 Å². The maximum absolute atomic E-state index is 12.4. The van der Waals surface area contributed by atoms with E-state index in [2.05, 4.69) is 46.4 Å². The van der Waals surface area contributed by atoms with E-state index < -0.39 is 0 Å². The quantitative estimate of drug-likeness (QED) is 0.624. The van der Waals surface area contributed by atoms with Crippen LogP contribution in [-0.2, 0) is 18.4 Å². The van der Waals surface area contributed by atoms with Gasteiger partial charge in [0.25, 0.3) is 0 Å². The normalized spacial score (nSPS) is 15.4. The summed E-state index contributed by atoms with van der Waals surface area (Å²) in [4.78, 5) is 19.4. The molecule has 0 aliphatic carbocycles. The van der Waals surface area contributed by atoms with Crippen LogP contribution in [0.5, 0.6) is 0 Å². The molecule has 4 rings (SSSR count). The topological polar surface area (TPSA) is 41.4 Å². The minimum atomic E-state index is 0.0750. The molecule has 1 aliphatic rings. The van der Waals surface area contributed by atoms with E-state index in [1.54, 1.807) is 17.0 Å². The van der Waals surface area contributed by atoms with Gasteiger partial charge in [-0.2, -0.15) is 5.10 Å². The van der Waals surface area contributed by atoms with Crippen LogP contribution in [0.4, 0.5) is 0 Å². The number of amides is 1. The number of hydrogen-bond donors (Lipinski definition) is 0. The van der Waals surface area contributed by atoms with E-state index in [0.717, 1.165) is 38.3 Å². The van der Waals surface area contributed by atoms with Gasteiger partial charge in [0.1, 0.15) is 0 Å². The molecule has 28 heavy (non-hydrogen) atoms. The maximum atomic E-state index is 12.4. The molecule has 0 N–H and O–H groups in total. The van der Waals surface area contributed by atoms with Crippen molar-refractivity contribution in [3.63, 3.8) is 0 Å². The number of carbonyl (C=O) groups is 1. The smallest absolute Gasteiger partial charge is 0.246 e. The molecule has 0 unspecified atom stereocenters. The summed E-state index contributed by atoms with van der Waals surface area (Å²) < 4.78 is 1.73. The van der Waals surface area contributed by atoms with Crippen molar-refractivity contribution in [2.24, 2.45) is 7.05 Å². The highest BCUT2D eigenvalue weighted by molar-refractivity contribution is 7.15. The Hall–Kier alpha value is -2.70. The fraction of sp³-hybridized carbons (Fsp3) is 0.273. The second-order valence-electron chi connectivity index (χ2n) is 7.01. The number of benzene rings is 1. The molecule has 3 heterocycles. The molecule has 0 bridgehead atoms. The van der Waals surface area contributed by atoms with Gasteiger partial charge in [-0.25, -0.2) is 0 Å². The van der Waals surface area contributed by atoms with Gasteiger partial charge in [0.2, 0.25) is 5.91 Å². The van der Waals surface area contributed by atoms with Crippen LogP contribution in [0.2, 0.25) is 0 Å². The van der Waals surface area contributed by atoms with Crippen molar-refractivity contribution in [3.8, 4) is 10.4 Å². The molecule has 0 atom stereocenters. The lowest BCUT2D eigenvalue weighted by molar-refractivity contribution is -0.127. The van der Waals surface area contributed by atoms with Crippen LogP contribution in [0.25, 0.3) is 16.5 Å². The summed E-state index contributed by atoms with van der Waals surface area (Å²) in [5, 5.41) is 4.11. The highest BCUT2D eigenvalue weighted by Crippen LogP contribution is 2.28. The maximum Gasteiger partial charge on any atom is 0.246 e. The second-order valence-corrected chi connectivity index (χ2v) is 8.18. The minimum Gasteiger partial charge on any atom is -0.337 e. The number of thiophene rings is 1. The molecule has 6 heteroatoms. The summed E-state index contributed by atoms with van der Waals surface area (Å²) in [5.41, 5.74) is 2.22. The first-order valence-corrected chi connectivity index (χ1v) is 10.3. The molecule has 1 saturated heterocycles. The number of rotatable bonds is 5. The zero-order chi connectivity index (χ0) is 19.3. The SMILES string of the molecule is Cn1cc(/C=C/C(=O)N2CCN(Cc3ccc(-c4ccccc4)s3)CC2)cn1. The average molecular weight is 393 g/mol. The van der Waals surface area contributed by atoms with E-state index in [-0.39, 0.29) is 5.91 Å². The zero-order valence-electron chi connectivity index (χ0n) is 16.0. The standard InChI is InChI=1S/C22H24N4OS/c1-24-16-18(15-23-24)7-10-22(27)26-13-11-25(12-14-26)17-20-8-9-21(28-20)19-5-3-2-4-6-19/h2-10,15-16H,11-14,17H2,1H3/b10-7+. The first-order chi connectivity index (χ1) is 13.7. The van der Waals surface area contributed by atoms with E-state index in [0.29, 0.717) is 0 Å². The van der Waals surface area contributed by atoms with Crippen LogP contribution in [0, 0.1) is 0 Å². The van der Waals surface area contributed by atoms with Crippen LogP contribution >= 0.6 is 11.3 Å². The molecular weight excluding hydrogens is 368 g/mol. The van der Waals surface area contributed by atoms with Gasteiger partial charge < -0.3 is 4.90 Å². The summed E-state index contributed by atoms with van der Waals surface area (Å²) in [7, 11) is 1.87. The lowest BCUT2D eigenvalue weighted by Gasteiger charge is -2.34. The van der Waals surface area contributed by atoms with Gasteiger partial charge in [0.05, 0.1) is 6.20 Å². The Morgan fingerprint density at radius 3 is 2.61 bits per heavy atom. The van der Waals surface area contributed by atoms with Gasteiger partial charge in [-0.3, -0.25) is 14.4 Å². The summed E-state index contributed by atoms with van der Waals surface area (Å²) >= 11 is 1.85. The van der Waals surface area contributed by atoms with Gasteiger partial charge in [-0.05, 0) is 23.8 Å². The van der Waals surface area contributed by atoms with Crippen LogP contribution in [-0.4, -0.2) is 51.7 Å². The number of piperazine rings is 1. The van der Waals surface area contributed by atoms with Crippen LogP contribution in [0.3, 0.4) is 0 Å². The van der Waals surface area contributed by atoms with Crippen molar-refractivity contribution in [2.75, 3.05) is 26.2 Å². The molecule has 1 fully saturated rings. The molecule has 2 aromatic heterocycles.